The van der Waals surface area contributed by atoms with Gasteiger partial charge in [-0.2, -0.15) is 5.10 Å². The van der Waals surface area contributed by atoms with Gasteiger partial charge in [-0.3, -0.25) is 4.79 Å². The lowest BCUT2D eigenvalue weighted by Crippen LogP contribution is -2.47. The summed E-state index contributed by atoms with van der Waals surface area (Å²) in [5.74, 6) is -1.20. The van der Waals surface area contributed by atoms with Crippen LogP contribution < -0.4 is 5.01 Å². The number of anilines is 1. The maximum Gasteiger partial charge on any atom is 0.330 e. The van der Waals surface area contributed by atoms with Gasteiger partial charge in [0.05, 0.1) is 17.7 Å². The Labute approximate surface area is 152 Å². The van der Waals surface area contributed by atoms with Gasteiger partial charge in [-0.15, -0.1) is 0 Å². The molecule has 0 aliphatic carbocycles. The minimum absolute atomic E-state index is 0.0360. The van der Waals surface area contributed by atoms with Crippen molar-refractivity contribution >= 4 is 32.4 Å². The first-order chi connectivity index (χ1) is 12.4. The van der Waals surface area contributed by atoms with E-state index in [0.29, 0.717) is 13.1 Å². The second-order valence-electron chi connectivity index (χ2n) is 6.27. The molecule has 1 aromatic rings. The van der Waals surface area contributed by atoms with Crippen LogP contribution in [0.25, 0.3) is 0 Å². The van der Waals surface area contributed by atoms with Crippen LogP contribution >= 0.6 is 0 Å². The first-order valence-corrected chi connectivity index (χ1v) is 9.95. The van der Waals surface area contributed by atoms with Gasteiger partial charge in [0.2, 0.25) is 14.9 Å². The number of fused-ring (bicyclic) bond motifs is 1. The summed E-state index contributed by atoms with van der Waals surface area (Å²) in [7, 11) is -2.82. The summed E-state index contributed by atoms with van der Waals surface area (Å²) in [6, 6.07) is 5.32. The fraction of sp³-hybridized carbons (Fsp3) is 0.471. The Kier molecular flexibility index (Phi) is 4.99. The Morgan fingerprint density at radius 2 is 1.81 bits per heavy atom. The van der Waals surface area contributed by atoms with E-state index < -0.39 is 32.8 Å². The van der Waals surface area contributed by atoms with Crippen molar-refractivity contribution in [2.75, 3.05) is 25.2 Å². The number of sulfone groups is 1. The molecule has 1 amide bonds. The van der Waals surface area contributed by atoms with Gasteiger partial charge in [0.25, 0.3) is 5.91 Å². The third-order valence-corrected chi connectivity index (χ3v) is 6.28. The molecule has 2 aliphatic heterocycles. The molecule has 1 aromatic carbocycles. The molecule has 3 rings (SSSR count). The zero-order valence-corrected chi connectivity index (χ0v) is 15.5. The van der Waals surface area contributed by atoms with Crippen LogP contribution in [-0.2, 0) is 24.2 Å². The number of benzene rings is 1. The smallest absolute Gasteiger partial charge is 0.330 e. The Hall–Kier alpha value is -2.42. The maximum absolute atomic E-state index is 13.0. The lowest BCUT2D eigenvalue weighted by Gasteiger charge is -2.32. The van der Waals surface area contributed by atoms with Crippen LogP contribution in [0.5, 0.6) is 0 Å². The Bertz CT molecular complexity index is 859. The van der Waals surface area contributed by atoms with Crippen LogP contribution in [0.15, 0.2) is 34.3 Å². The fourth-order valence-corrected chi connectivity index (χ4v) is 4.60. The topological polar surface area (TPSA) is 96.3 Å². The number of hydrogen-bond donors (Lipinski definition) is 0. The van der Waals surface area contributed by atoms with Crippen molar-refractivity contribution in [2.45, 2.75) is 37.1 Å². The quantitative estimate of drug-likeness (QED) is 0.732. The van der Waals surface area contributed by atoms with Crippen molar-refractivity contribution in [3.05, 3.63) is 24.3 Å². The molecule has 140 valence electrons. The molecule has 8 nitrogen and oxygen atoms in total. The van der Waals surface area contributed by atoms with Crippen LogP contribution in [0.2, 0.25) is 0 Å². The zero-order chi connectivity index (χ0) is 18.9. The number of piperidine rings is 1. The van der Waals surface area contributed by atoms with Crippen LogP contribution in [0.4, 0.5) is 5.69 Å². The molecule has 1 atom stereocenters. The minimum Gasteiger partial charge on any atom is -0.467 e. The third-order valence-electron chi connectivity index (χ3n) is 4.59. The van der Waals surface area contributed by atoms with E-state index in [1.54, 1.807) is 25.1 Å². The standard InChI is InChI=1S/C17H21N3O5S/c1-12(17(22)25-2)20-13-8-4-5-9-14(13)26(23,24)15(18-20)16(21)19-10-6-3-7-11-19/h4-5,8-9,12H,3,6-7,10-11H2,1-2H3/t12-/m0/s1. The molecule has 1 fully saturated rings. The predicted molar refractivity (Wildman–Crippen MR) is 95.5 cm³/mol. The SMILES string of the molecule is COC(=O)[C@H](C)N1N=C(C(=O)N2CCCCC2)S(=O)(=O)c2ccccc21. The summed E-state index contributed by atoms with van der Waals surface area (Å²) in [5.41, 5.74) is 0.251. The fourth-order valence-electron chi connectivity index (χ4n) is 3.14. The first kappa shape index (κ1) is 18.4. The third kappa shape index (κ3) is 3.07. The highest BCUT2D eigenvalue weighted by molar-refractivity contribution is 8.08. The minimum atomic E-state index is -4.07. The summed E-state index contributed by atoms with van der Waals surface area (Å²) in [5, 5.41) is 4.79. The number of para-hydroxylation sites is 1. The molecule has 9 heteroatoms. The second kappa shape index (κ2) is 7.06. The Balaban J connectivity index is 2.09. The van der Waals surface area contributed by atoms with Crippen LogP contribution in [0.3, 0.4) is 0 Å². The van der Waals surface area contributed by atoms with Crippen molar-refractivity contribution in [1.82, 2.24) is 4.90 Å². The largest absolute Gasteiger partial charge is 0.467 e. The molecule has 0 N–H and O–H groups in total. The van der Waals surface area contributed by atoms with Gasteiger partial charge < -0.3 is 9.64 Å². The van der Waals surface area contributed by atoms with Gasteiger partial charge in [-0.25, -0.2) is 18.2 Å². The van der Waals surface area contributed by atoms with E-state index in [1.807, 2.05) is 0 Å². The molecule has 2 aliphatic rings. The molecular formula is C17H21N3O5S. The highest BCUT2D eigenvalue weighted by atomic mass is 32.2. The average Bonchev–Trinajstić information content (AvgIpc) is 2.67. The summed E-state index contributed by atoms with van der Waals surface area (Å²) in [6.45, 7) is 2.55. The normalized spacial score (nSPS) is 20.0. The maximum atomic E-state index is 13.0. The van der Waals surface area contributed by atoms with Crippen molar-refractivity contribution in [1.29, 1.82) is 0 Å². The van der Waals surface area contributed by atoms with E-state index in [4.69, 9.17) is 4.74 Å². The second-order valence-corrected chi connectivity index (χ2v) is 8.11. The number of carbonyl (C=O) groups excluding carboxylic acids is 2. The van der Waals surface area contributed by atoms with E-state index in [2.05, 4.69) is 5.10 Å². The number of hydrazone groups is 1. The van der Waals surface area contributed by atoms with E-state index in [0.717, 1.165) is 19.3 Å². The lowest BCUT2D eigenvalue weighted by atomic mass is 10.1. The van der Waals surface area contributed by atoms with E-state index in [9.17, 15) is 18.0 Å². The number of amides is 1. The number of esters is 1. The Morgan fingerprint density at radius 3 is 2.46 bits per heavy atom. The molecule has 0 spiro atoms. The first-order valence-electron chi connectivity index (χ1n) is 8.47. The van der Waals surface area contributed by atoms with Gasteiger partial charge in [0.1, 0.15) is 6.04 Å². The summed E-state index contributed by atoms with van der Waals surface area (Å²) >= 11 is 0. The van der Waals surface area contributed by atoms with E-state index >= 15 is 0 Å². The highest BCUT2D eigenvalue weighted by Crippen LogP contribution is 2.33. The monoisotopic (exact) mass is 379 g/mol. The lowest BCUT2D eigenvalue weighted by molar-refractivity contribution is -0.141. The molecule has 26 heavy (non-hydrogen) atoms. The van der Waals surface area contributed by atoms with E-state index in [-0.39, 0.29) is 10.6 Å². The molecule has 0 aromatic heterocycles. The number of hydrogen-bond acceptors (Lipinski definition) is 7. The van der Waals surface area contributed by atoms with E-state index in [1.165, 1.54) is 23.1 Å². The van der Waals surface area contributed by atoms with Crippen molar-refractivity contribution < 1.29 is 22.7 Å². The van der Waals surface area contributed by atoms with Crippen LogP contribution in [0.1, 0.15) is 26.2 Å². The number of ether oxygens (including phenoxy) is 1. The van der Waals surface area contributed by atoms with Gasteiger partial charge in [0, 0.05) is 13.1 Å². The van der Waals surface area contributed by atoms with Gasteiger partial charge >= 0.3 is 5.97 Å². The number of nitrogens with zero attached hydrogens (tertiary/aromatic N) is 3. The summed E-state index contributed by atoms with van der Waals surface area (Å²) < 4.78 is 30.7. The number of rotatable bonds is 3. The van der Waals surface area contributed by atoms with Crippen molar-refractivity contribution in [2.24, 2.45) is 5.10 Å². The van der Waals surface area contributed by atoms with Crippen molar-refractivity contribution in [3.63, 3.8) is 0 Å². The van der Waals surface area contributed by atoms with Gasteiger partial charge in [-0.1, -0.05) is 12.1 Å². The summed E-state index contributed by atoms with van der Waals surface area (Å²) in [4.78, 5) is 26.3. The number of methoxy groups -OCH3 is 1. The molecule has 0 saturated carbocycles. The Morgan fingerprint density at radius 1 is 1.15 bits per heavy atom. The number of carbonyl (C=O) groups is 2. The van der Waals surface area contributed by atoms with Gasteiger partial charge in [-0.05, 0) is 38.3 Å². The van der Waals surface area contributed by atoms with Crippen molar-refractivity contribution in [3.8, 4) is 0 Å². The predicted octanol–water partition coefficient (Wildman–Crippen LogP) is 1.17. The van der Waals surface area contributed by atoms with Crippen LogP contribution in [-0.4, -0.2) is 56.5 Å². The zero-order valence-electron chi connectivity index (χ0n) is 14.7. The molecule has 1 saturated heterocycles. The molecular weight excluding hydrogens is 358 g/mol. The molecule has 0 bridgehead atoms. The highest BCUT2D eigenvalue weighted by Gasteiger charge is 2.41. The molecule has 2 heterocycles. The molecule has 0 unspecified atom stereocenters. The number of likely N-dealkylation sites (tertiary alicyclic amines) is 1. The van der Waals surface area contributed by atoms with Gasteiger partial charge in [0.15, 0.2) is 0 Å². The summed E-state index contributed by atoms with van der Waals surface area (Å²) in [6.07, 6.45) is 2.67. The van der Waals surface area contributed by atoms with Crippen LogP contribution in [0, 0.1) is 0 Å². The molecule has 0 radical (unpaired) electrons. The average molecular weight is 379 g/mol.